The van der Waals surface area contributed by atoms with Gasteiger partial charge in [0.05, 0.1) is 0 Å². The number of hydrogen-bond donors (Lipinski definition) is 1. The summed E-state index contributed by atoms with van der Waals surface area (Å²) in [6.45, 7) is 1.92. The van der Waals surface area contributed by atoms with Gasteiger partial charge in [0.1, 0.15) is 10.7 Å². The molecular formula is C11H17N5S. The Hall–Kier alpha value is -1.27. The summed E-state index contributed by atoms with van der Waals surface area (Å²) in [6.07, 6.45) is 4.43. The SMILES string of the molecule is CN(C)C1CCN(c2nccnc2C(N)=S)C1. The number of anilines is 1. The van der Waals surface area contributed by atoms with Crippen LogP contribution in [0.15, 0.2) is 12.4 Å². The summed E-state index contributed by atoms with van der Waals surface area (Å²) in [5.74, 6) is 0.810. The zero-order chi connectivity index (χ0) is 12.4. The maximum atomic E-state index is 5.67. The fourth-order valence-electron chi connectivity index (χ4n) is 2.09. The molecule has 0 spiro atoms. The number of nitrogens with zero attached hydrogens (tertiary/aromatic N) is 4. The Balaban J connectivity index is 2.21. The van der Waals surface area contributed by atoms with Gasteiger partial charge in [-0.1, -0.05) is 12.2 Å². The second-order valence-corrected chi connectivity index (χ2v) is 4.88. The van der Waals surface area contributed by atoms with E-state index in [-0.39, 0.29) is 0 Å². The monoisotopic (exact) mass is 251 g/mol. The van der Waals surface area contributed by atoms with Gasteiger partial charge in [0.2, 0.25) is 0 Å². The van der Waals surface area contributed by atoms with Crippen molar-refractivity contribution in [3.63, 3.8) is 0 Å². The van der Waals surface area contributed by atoms with E-state index < -0.39 is 0 Å². The van der Waals surface area contributed by atoms with Crippen molar-refractivity contribution in [3.05, 3.63) is 18.1 Å². The van der Waals surface area contributed by atoms with E-state index in [1.807, 2.05) is 0 Å². The van der Waals surface area contributed by atoms with Crippen molar-refractivity contribution in [1.29, 1.82) is 0 Å². The molecular weight excluding hydrogens is 234 g/mol. The highest BCUT2D eigenvalue weighted by molar-refractivity contribution is 7.80. The summed E-state index contributed by atoms with van der Waals surface area (Å²) < 4.78 is 0. The summed E-state index contributed by atoms with van der Waals surface area (Å²) in [6, 6.07) is 0.552. The Morgan fingerprint density at radius 3 is 2.76 bits per heavy atom. The third-order valence-electron chi connectivity index (χ3n) is 3.11. The van der Waals surface area contributed by atoms with Gasteiger partial charge in [-0.05, 0) is 20.5 Å². The quantitative estimate of drug-likeness (QED) is 0.777. The highest BCUT2D eigenvalue weighted by Gasteiger charge is 2.27. The third-order valence-corrected chi connectivity index (χ3v) is 3.30. The first-order chi connectivity index (χ1) is 8.09. The molecule has 2 heterocycles. The van der Waals surface area contributed by atoms with Gasteiger partial charge in [-0.3, -0.25) is 0 Å². The van der Waals surface area contributed by atoms with Crippen LogP contribution in [0.4, 0.5) is 5.82 Å². The van der Waals surface area contributed by atoms with E-state index in [0.717, 1.165) is 25.3 Å². The van der Waals surface area contributed by atoms with E-state index in [0.29, 0.717) is 16.7 Å². The second-order valence-electron chi connectivity index (χ2n) is 4.44. The number of nitrogens with two attached hydrogens (primary N) is 1. The van der Waals surface area contributed by atoms with Crippen molar-refractivity contribution in [1.82, 2.24) is 14.9 Å². The summed E-state index contributed by atoms with van der Waals surface area (Å²) in [4.78, 5) is 13.3. The van der Waals surface area contributed by atoms with E-state index in [9.17, 15) is 0 Å². The lowest BCUT2D eigenvalue weighted by Gasteiger charge is -2.22. The van der Waals surface area contributed by atoms with Crippen LogP contribution in [0.2, 0.25) is 0 Å². The molecule has 92 valence electrons. The molecule has 1 aromatic heterocycles. The first-order valence-electron chi connectivity index (χ1n) is 5.61. The first-order valence-corrected chi connectivity index (χ1v) is 6.02. The number of hydrogen-bond acceptors (Lipinski definition) is 5. The average molecular weight is 251 g/mol. The maximum absolute atomic E-state index is 5.67. The van der Waals surface area contributed by atoms with Crippen LogP contribution in [0.25, 0.3) is 0 Å². The van der Waals surface area contributed by atoms with Crippen molar-refractivity contribution in [2.75, 3.05) is 32.1 Å². The van der Waals surface area contributed by atoms with Gasteiger partial charge in [-0.15, -0.1) is 0 Å². The summed E-state index contributed by atoms with van der Waals surface area (Å²) in [7, 11) is 4.19. The maximum Gasteiger partial charge on any atom is 0.157 e. The summed E-state index contributed by atoms with van der Waals surface area (Å²) in [5, 5.41) is 0. The standard InChI is InChI=1S/C11H17N5S/c1-15(2)8-3-6-16(7-8)11-9(10(12)17)13-4-5-14-11/h4-5,8H,3,6-7H2,1-2H3,(H2,12,17). The number of aromatic nitrogens is 2. The van der Waals surface area contributed by atoms with E-state index in [4.69, 9.17) is 18.0 Å². The number of likely N-dealkylation sites (N-methyl/N-ethyl adjacent to an activating group) is 1. The predicted octanol–water partition coefficient (Wildman–Crippen LogP) is 0.251. The molecule has 1 saturated heterocycles. The van der Waals surface area contributed by atoms with Gasteiger partial charge >= 0.3 is 0 Å². The molecule has 1 unspecified atom stereocenters. The minimum atomic E-state index is 0.307. The Kier molecular flexibility index (Phi) is 3.54. The van der Waals surface area contributed by atoms with Crippen LogP contribution in [-0.2, 0) is 0 Å². The third kappa shape index (κ3) is 2.53. The Labute approximate surface area is 107 Å². The van der Waals surface area contributed by atoms with E-state index in [2.05, 4.69) is 33.9 Å². The zero-order valence-corrected chi connectivity index (χ0v) is 10.9. The normalized spacial score (nSPS) is 19.9. The lowest BCUT2D eigenvalue weighted by atomic mass is 10.2. The second kappa shape index (κ2) is 4.93. The minimum Gasteiger partial charge on any atom is -0.388 e. The predicted molar refractivity (Wildman–Crippen MR) is 72.2 cm³/mol. The Morgan fingerprint density at radius 2 is 2.18 bits per heavy atom. The van der Waals surface area contributed by atoms with Crippen LogP contribution in [0, 0.1) is 0 Å². The molecule has 0 saturated carbocycles. The lowest BCUT2D eigenvalue weighted by molar-refractivity contribution is 0.315. The fraction of sp³-hybridized carbons (Fsp3) is 0.545. The minimum absolute atomic E-state index is 0.307. The van der Waals surface area contributed by atoms with Gasteiger partial charge in [0.15, 0.2) is 5.82 Å². The molecule has 1 aliphatic heterocycles. The highest BCUT2D eigenvalue weighted by atomic mass is 32.1. The summed E-state index contributed by atoms with van der Waals surface area (Å²) >= 11 is 5.00. The van der Waals surface area contributed by atoms with Gasteiger partial charge in [0.25, 0.3) is 0 Å². The molecule has 2 rings (SSSR count). The molecule has 0 aromatic carbocycles. The molecule has 0 amide bonds. The van der Waals surface area contributed by atoms with Crippen LogP contribution >= 0.6 is 12.2 Å². The summed E-state index contributed by atoms with van der Waals surface area (Å²) in [5.41, 5.74) is 6.30. The molecule has 6 heteroatoms. The van der Waals surface area contributed by atoms with Crippen LogP contribution in [0.3, 0.4) is 0 Å². The smallest absolute Gasteiger partial charge is 0.157 e. The lowest BCUT2D eigenvalue weighted by Crippen LogP contribution is -2.32. The molecule has 1 aliphatic rings. The largest absolute Gasteiger partial charge is 0.388 e. The Morgan fingerprint density at radius 1 is 1.47 bits per heavy atom. The number of rotatable bonds is 3. The van der Waals surface area contributed by atoms with Crippen molar-refractivity contribution < 1.29 is 0 Å². The molecule has 1 aromatic rings. The first kappa shape index (κ1) is 12.2. The van der Waals surface area contributed by atoms with Crippen molar-refractivity contribution in [2.24, 2.45) is 5.73 Å². The number of thiocarbonyl (C=S) groups is 1. The van der Waals surface area contributed by atoms with Crippen LogP contribution < -0.4 is 10.6 Å². The molecule has 1 fully saturated rings. The molecule has 0 aliphatic carbocycles. The molecule has 5 nitrogen and oxygen atoms in total. The molecule has 1 atom stereocenters. The van der Waals surface area contributed by atoms with Gasteiger partial charge < -0.3 is 15.5 Å². The zero-order valence-electron chi connectivity index (χ0n) is 10.1. The average Bonchev–Trinajstić information content (AvgIpc) is 2.78. The van der Waals surface area contributed by atoms with Crippen molar-refractivity contribution >= 4 is 23.0 Å². The Bertz CT molecular complexity index is 420. The van der Waals surface area contributed by atoms with Gasteiger partial charge in [-0.2, -0.15) is 0 Å². The van der Waals surface area contributed by atoms with E-state index in [1.54, 1.807) is 12.4 Å². The molecule has 0 radical (unpaired) electrons. The van der Waals surface area contributed by atoms with E-state index in [1.165, 1.54) is 0 Å². The topological polar surface area (TPSA) is 58.3 Å². The van der Waals surface area contributed by atoms with Crippen molar-refractivity contribution in [2.45, 2.75) is 12.5 Å². The van der Waals surface area contributed by atoms with Gasteiger partial charge in [-0.25, -0.2) is 9.97 Å². The highest BCUT2D eigenvalue weighted by Crippen LogP contribution is 2.22. The fourth-order valence-corrected chi connectivity index (χ4v) is 2.24. The molecule has 2 N–H and O–H groups in total. The van der Waals surface area contributed by atoms with Crippen LogP contribution in [-0.4, -0.2) is 53.1 Å². The molecule has 17 heavy (non-hydrogen) atoms. The van der Waals surface area contributed by atoms with Crippen molar-refractivity contribution in [3.8, 4) is 0 Å². The van der Waals surface area contributed by atoms with E-state index >= 15 is 0 Å². The van der Waals surface area contributed by atoms with Gasteiger partial charge in [0, 0.05) is 31.5 Å². The van der Waals surface area contributed by atoms with Crippen LogP contribution in [0.1, 0.15) is 12.1 Å². The van der Waals surface area contributed by atoms with Crippen LogP contribution in [0.5, 0.6) is 0 Å². The molecule has 0 bridgehead atoms.